The third-order valence-electron chi connectivity index (χ3n) is 1.29. The van der Waals surface area contributed by atoms with Crippen LogP contribution in [-0.2, 0) is 0 Å². The number of hydrogen-bond acceptors (Lipinski definition) is 2. The molecule has 0 aliphatic rings. The van der Waals surface area contributed by atoms with Crippen molar-refractivity contribution in [1.82, 2.24) is 0 Å². The molecular weight excluding hydrogens is 229 g/mol. The van der Waals surface area contributed by atoms with Crippen molar-refractivity contribution in [3.05, 3.63) is 22.2 Å². The number of benzene rings is 1. The van der Waals surface area contributed by atoms with Gasteiger partial charge in [-0.15, -0.1) is 12.4 Å². The van der Waals surface area contributed by atoms with Gasteiger partial charge in [0.05, 0.1) is 5.69 Å². The van der Waals surface area contributed by atoms with E-state index in [-0.39, 0.29) is 18.2 Å². The van der Waals surface area contributed by atoms with Crippen molar-refractivity contribution < 1.29 is 5.11 Å². The zero-order chi connectivity index (χ0) is 7.72. The van der Waals surface area contributed by atoms with E-state index in [9.17, 15) is 5.11 Å². The molecule has 11 heavy (non-hydrogen) atoms. The second kappa shape index (κ2) is 3.83. The molecule has 3 N–H and O–H groups in total. The fourth-order valence-corrected chi connectivity index (χ4v) is 1.35. The predicted molar refractivity (Wildman–Crippen MR) is 52.2 cm³/mol. The van der Waals surface area contributed by atoms with Gasteiger partial charge in [-0.1, -0.05) is 15.9 Å². The quantitative estimate of drug-likeness (QED) is 0.539. The molecule has 0 fully saturated rings. The van der Waals surface area contributed by atoms with E-state index in [0.717, 1.165) is 10.0 Å². The molecule has 0 atom stereocenters. The van der Waals surface area contributed by atoms with Crippen LogP contribution in [0.1, 0.15) is 5.56 Å². The molecule has 1 rings (SSSR count). The molecule has 0 saturated heterocycles. The first-order valence-corrected chi connectivity index (χ1v) is 3.65. The Morgan fingerprint density at radius 1 is 1.45 bits per heavy atom. The molecule has 0 spiro atoms. The lowest BCUT2D eigenvalue weighted by Crippen LogP contribution is -1.87. The summed E-state index contributed by atoms with van der Waals surface area (Å²) >= 11 is 3.26. The zero-order valence-electron chi connectivity index (χ0n) is 5.97. The standard InChI is InChI=1S/C7H8BrNO.ClH/c1-4-2-5(8)3-6(9)7(4)10;/h2-3,10H,9H2,1H3;1H. The molecule has 0 heterocycles. The third-order valence-corrected chi connectivity index (χ3v) is 1.75. The van der Waals surface area contributed by atoms with E-state index < -0.39 is 0 Å². The average Bonchev–Trinajstić information content (AvgIpc) is 1.82. The van der Waals surface area contributed by atoms with E-state index in [2.05, 4.69) is 15.9 Å². The number of nitrogen functional groups attached to an aromatic ring is 1. The maximum Gasteiger partial charge on any atom is 0.141 e. The monoisotopic (exact) mass is 237 g/mol. The maximum atomic E-state index is 9.18. The summed E-state index contributed by atoms with van der Waals surface area (Å²) in [5, 5.41) is 9.18. The Morgan fingerprint density at radius 2 is 2.00 bits per heavy atom. The van der Waals surface area contributed by atoms with Gasteiger partial charge < -0.3 is 10.8 Å². The van der Waals surface area contributed by atoms with Crippen molar-refractivity contribution in [2.45, 2.75) is 6.92 Å². The summed E-state index contributed by atoms with van der Waals surface area (Å²) in [7, 11) is 0. The summed E-state index contributed by atoms with van der Waals surface area (Å²) in [6.45, 7) is 1.80. The molecule has 0 aliphatic carbocycles. The Labute approximate surface area is 80.0 Å². The number of rotatable bonds is 0. The van der Waals surface area contributed by atoms with Crippen LogP contribution in [0.5, 0.6) is 5.75 Å². The van der Waals surface area contributed by atoms with Crippen LogP contribution in [0, 0.1) is 6.92 Å². The van der Waals surface area contributed by atoms with Crippen LogP contribution in [0.4, 0.5) is 5.69 Å². The molecule has 0 radical (unpaired) electrons. The highest BCUT2D eigenvalue weighted by atomic mass is 79.9. The minimum absolute atomic E-state index is 0. The number of anilines is 1. The normalized spacial score (nSPS) is 8.91. The molecule has 1 aromatic rings. The number of hydrogen-bond donors (Lipinski definition) is 2. The number of aromatic hydroxyl groups is 1. The van der Waals surface area contributed by atoms with Crippen LogP contribution in [0.15, 0.2) is 16.6 Å². The molecule has 1 aromatic carbocycles. The Balaban J connectivity index is 0.000001000. The molecule has 0 unspecified atom stereocenters. The van der Waals surface area contributed by atoms with Gasteiger partial charge in [0.15, 0.2) is 0 Å². The lowest BCUT2D eigenvalue weighted by molar-refractivity contribution is 0.473. The first kappa shape index (κ1) is 10.6. The Morgan fingerprint density at radius 3 is 2.45 bits per heavy atom. The molecule has 0 bridgehead atoms. The van der Waals surface area contributed by atoms with Crippen molar-refractivity contribution in [3.63, 3.8) is 0 Å². The Hall–Kier alpha value is -0.410. The highest BCUT2D eigenvalue weighted by molar-refractivity contribution is 9.10. The van der Waals surface area contributed by atoms with Crippen LogP contribution in [-0.4, -0.2) is 5.11 Å². The molecule has 0 aromatic heterocycles. The van der Waals surface area contributed by atoms with Crippen molar-refractivity contribution in [1.29, 1.82) is 0 Å². The summed E-state index contributed by atoms with van der Waals surface area (Å²) in [6.07, 6.45) is 0. The number of phenolic OH excluding ortho intramolecular Hbond substituents is 1. The summed E-state index contributed by atoms with van der Waals surface area (Å²) < 4.78 is 0.889. The van der Waals surface area contributed by atoms with Crippen LogP contribution < -0.4 is 5.73 Å². The van der Waals surface area contributed by atoms with Gasteiger partial charge in [-0.3, -0.25) is 0 Å². The van der Waals surface area contributed by atoms with E-state index in [1.165, 1.54) is 0 Å². The smallest absolute Gasteiger partial charge is 0.141 e. The lowest BCUT2D eigenvalue weighted by atomic mass is 10.2. The van der Waals surface area contributed by atoms with E-state index in [0.29, 0.717) is 5.69 Å². The molecule has 0 amide bonds. The first-order valence-electron chi connectivity index (χ1n) is 2.86. The van der Waals surface area contributed by atoms with Gasteiger partial charge in [0.2, 0.25) is 0 Å². The summed E-state index contributed by atoms with van der Waals surface area (Å²) in [4.78, 5) is 0. The van der Waals surface area contributed by atoms with E-state index in [1.807, 2.05) is 6.07 Å². The average molecular weight is 239 g/mol. The SMILES string of the molecule is Cc1cc(Br)cc(N)c1O.Cl. The highest BCUT2D eigenvalue weighted by Gasteiger charge is 2.00. The van der Waals surface area contributed by atoms with Gasteiger partial charge in [-0.05, 0) is 24.6 Å². The summed E-state index contributed by atoms with van der Waals surface area (Å²) in [5.74, 6) is 0.170. The topological polar surface area (TPSA) is 46.2 Å². The molecule has 0 saturated carbocycles. The van der Waals surface area contributed by atoms with Crippen molar-refractivity contribution >= 4 is 34.0 Å². The number of aryl methyl sites for hydroxylation is 1. The van der Waals surface area contributed by atoms with Gasteiger partial charge in [0, 0.05) is 4.47 Å². The van der Waals surface area contributed by atoms with Gasteiger partial charge >= 0.3 is 0 Å². The second-order valence-electron chi connectivity index (χ2n) is 2.16. The minimum Gasteiger partial charge on any atom is -0.506 e. The summed E-state index contributed by atoms with van der Waals surface area (Å²) in [6, 6.07) is 3.48. The zero-order valence-corrected chi connectivity index (χ0v) is 8.37. The largest absolute Gasteiger partial charge is 0.506 e. The predicted octanol–water partition coefficient (Wildman–Crippen LogP) is 2.47. The lowest BCUT2D eigenvalue weighted by Gasteiger charge is -2.02. The van der Waals surface area contributed by atoms with E-state index >= 15 is 0 Å². The fraction of sp³-hybridized carbons (Fsp3) is 0.143. The Bertz CT molecular complexity index is 242. The molecule has 0 aliphatic heterocycles. The first-order chi connectivity index (χ1) is 4.61. The van der Waals surface area contributed by atoms with Crippen molar-refractivity contribution in [2.75, 3.05) is 5.73 Å². The number of halogens is 2. The minimum atomic E-state index is 0. The van der Waals surface area contributed by atoms with Crippen LogP contribution in [0.2, 0.25) is 0 Å². The van der Waals surface area contributed by atoms with E-state index in [4.69, 9.17) is 5.73 Å². The van der Waals surface area contributed by atoms with Crippen molar-refractivity contribution in [3.8, 4) is 5.75 Å². The van der Waals surface area contributed by atoms with Crippen molar-refractivity contribution in [2.24, 2.45) is 0 Å². The molecule has 62 valence electrons. The van der Waals surface area contributed by atoms with Gasteiger partial charge in [-0.2, -0.15) is 0 Å². The van der Waals surface area contributed by atoms with Crippen LogP contribution in [0.25, 0.3) is 0 Å². The Kier molecular flexibility index (Phi) is 3.69. The van der Waals surface area contributed by atoms with E-state index in [1.54, 1.807) is 13.0 Å². The summed E-state index contributed by atoms with van der Waals surface area (Å²) in [5.41, 5.74) is 6.63. The molecule has 2 nitrogen and oxygen atoms in total. The third kappa shape index (κ3) is 2.27. The molecule has 4 heteroatoms. The van der Waals surface area contributed by atoms with Gasteiger partial charge in [-0.25, -0.2) is 0 Å². The fourth-order valence-electron chi connectivity index (χ4n) is 0.761. The highest BCUT2D eigenvalue weighted by Crippen LogP contribution is 2.28. The number of phenols is 1. The van der Waals surface area contributed by atoms with Gasteiger partial charge in [0.1, 0.15) is 5.75 Å². The van der Waals surface area contributed by atoms with Crippen LogP contribution in [0.3, 0.4) is 0 Å². The second-order valence-corrected chi connectivity index (χ2v) is 3.08. The van der Waals surface area contributed by atoms with Crippen LogP contribution >= 0.6 is 28.3 Å². The number of nitrogens with two attached hydrogens (primary N) is 1. The molecular formula is C7H9BrClNO. The maximum absolute atomic E-state index is 9.18. The van der Waals surface area contributed by atoms with Gasteiger partial charge in [0.25, 0.3) is 0 Å².